The van der Waals surface area contributed by atoms with Crippen LogP contribution in [-0.2, 0) is 4.79 Å². The van der Waals surface area contributed by atoms with Gasteiger partial charge in [-0.3, -0.25) is 9.59 Å². The third-order valence-corrected chi connectivity index (χ3v) is 7.73. The highest BCUT2D eigenvalue weighted by Gasteiger charge is 2.51. The number of rotatable bonds is 3. The molecule has 1 aliphatic heterocycles. The van der Waals surface area contributed by atoms with Crippen molar-refractivity contribution in [2.75, 3.05) is 33.3 Å². The van der Waals surface area contributed by atoms with E-state index in [2.05, 4.69) is 0 Å². The van der Waals surface area contributed by atoms with Gasteiger partial charge in [-0.15, -0.1) is 0 Å². The topological polar surface area (TPSA) is 49.9 Å². The standard InChI is InChI=1S/C23H30N2O3/c1-28-20-4-2-17(3-5-20)22(26)24-6-8-25(9-7-24)23(27)21-18-11-15-10-16(13-18)14-19(21)12-15/h2-5,15-16,18-19,21H,6-14H2,1H3. The zero-order valence-electron chi connectivity index (χ0n) is 16.7. The third-order valence-electron chi connectivity index (χ3n) is 7.73. The summed E-state index contributed by atoms with van der Waals surface area (Å²) in [4.78, 5) is 30.0. The Hall–Kier alpha value is -2.04. The fourth-order valence-electron chi connectivity index (χ4n) is 6.59. The lowest BCUT2D eigenvalue weighted by atomic mass is 9.51. The first-order valence-electron chi connectivity index (χ1n) is 10.8. The van der Waals surface area contributed by atoms with E-state index < -0.39 is 0 Å². The normalized spacial score (nSPS) is 33.8. The van der Waals surface area contributed by atoms with E-state index in [4.69, 9.17) is 4.74 Å². The number of piperazine rings is 1. The number of carbonyl (C=O) groups is 2. The highest BCUT2D eigenvalue weighted by Crippen LogP contribution is 2.56. The van der Waals surface area contributed by atoms with Crippen molar-refractivity contribution in [3.05, 3.63) is 29.8 Å². The van der Waals surface area contributed by atoms with Gasteiger partial charge in [-0.2, -0.15) is 0 Å². The van der Waals surface area contributed by atoms with Crippen LogP contribution in [0.2, 0.25) is 0 Å². The van der Waals surface area contributed by atoms with Crippen LogP contribution < -0.4 is 4.74 Å². The molecule has 4 bridgehead atoms. The smallest absolute Gasteiger partial charge is 0.253 e. The molecule has 0 spiro atoms. The van der Waals surface area contributed by atoms with Gasteiger partial charge < -0.3 is 14.5 Å². The van der Waals surface area contributed by atoms with Crippen molar-refractivity contribution in [2.45, 2.75) is 32.1 Å². The van der Waals surface area contributed by atoms with Gasteiger partial charge in [0, 0.05) is 37.7 Å². The fourth-order valence-corrected chi connectivity index (χ4v) is 6.59. The van der Waals surface area contributed by atoms with Gasteiger partial charge in [-0.05, 0) is 80.0 Å². The minimum atomic E-state index is 0.0457. The second kappa shape index (κ2) is 7.09. The Morgan fingerprint density at radius 1 is 0.821 bits per heavy atom. The van der Waals surface area contributed by atoms with E-state index >= 15 is 0 Å². The van der Waals surface area contributed by atoms with E-state index in [0.717, 1.165) is 17.6 Å². The molecule has 5 fully saturated rings. The Morgan fingerprint density at radius 3 is 1.89 bits per heavy atom. The zero-order valence-corrected chi connectivity index (χ0v) is 16.7. The second-order valence-corrected chi connectivity index (χ2v) is 9.30. The van der Waals surface area contributed by atoms with Crippen molar-refractivity contribution < 1.29 is 14.3 Å². The molecular weight excluding hydrogens is 352 g/mol. The molecule has 5 aliphatic rings. The predicted molar refractivity (Wildman–Crippen MR) is 106 cm³/mol. The molecule has 5 nitrogen and oxygen atoms in total. The maximum absolute atomic E-state index is 13.3. The number of hydrogen-bond acceptors (Lipinski definition) is 3. The first-order chi connectivity index (χ1) is 13.6. The molecule has 1 aromatic rings. The van der Waals surface area contributed by atoms with E-state index in [1.807, 2.05) is 34.1 Å². The van der Waals surface area contributed by atoms with Crippen molar-refractivity contribution in [3.63, 3.8) is 0 Å². The third kappa shape index (κ3) is 3.09. The Balaban J connectivity index is 1.20. The van der Waals surface area contributed by atoms with Gasteiger partial charge in [-0.25, -0.2) is 0 Å². The summed E-state index contributed by atoms with van der Waals surface area (Å²) < 4.78 is 5.16. The Kier molecular flexibility index (Phi) is 4.56. The lowest BCUT2D eigenvalue weighted by Crippen LogP contribution is -2.56. The molecule has 0 unspecified atom stereocenters. The lowest BCUT2D eigenvalue weighted by molar-refractivity contribution is -0.150. The van der Waals surface area contributed by atoms with Gasteiger partial charge in [0.25, 0.3) is 5.91 Å². The number of methoxy groups -OCH3 is 1. The molecule has 6 rings (SSSR count). The molecule has 0 radical (unpaired) electrons. The lowest BCUT2D eigenvalue weighted by Gasteiger charge is -2.54. The van der Waals surface area contributed by atoms with Crippen LogP contribution >= 0.6 is 0 Å². The summed E-state index contributed by atoms with van der Waals surface area (Å²) >= 11 is 0. The summed E-state index contributed by atoms with van der Waals surface area (Å²) in [5.74, 6) is 4.48. The number of benzene rings is 1. The van der Waals surface area contributed by atoms with E-state index in [1.165, 1.54) is 32.1 Å². The predicted octanol–water partition coefficient (Wildman–Crippen LogP) is 3.05. The largest absolute Gasteiger partial charge is 0.497 e. The number of ether oxygens (including phenoxy) is 1. The molecule has 0 aromatic heterocycles. The average molecular weight is 383 g/mol. The monoisotopic (exact) mass is 382 g/mol. The summed E-state index contributed by atoms with van der Waals surface area (Å²) in [6, 6.07) is 7.26. The Morgan fingerprint density at radius 2 is 1.36 bits per heavy atom. The first kappa shape index (κ1) is 18.0. The summed E-state index contributed by atoms with van der Waals surface area (Å²) in [6.45, 7) is 2.60. The molecular formula is C23H30N2O3. The molecule has 2 amide bonds. The number of nitrogens with zero attached hydrogens (tertiary/aromatic N) is 2. The average Bonchev–Trinajstić information content (AvgIpc) is 2.72. The summed E-state index contributed by atoms with van der Waals surface area (Å²) in [5, 5.41) is 0. The van der Waals surface area contributed by atoms with Crippen molar-refractivity contribution in [3.8, 4) is 5.75 Å². The van der Waals surface area contributed by atoms with Gasteiger partial charge >= 0.3 is 0 Å². The van der Waals surface area contributed by atoms with Crippen LogP contribution in [-0.4, -0.2) is 54.9 Å². The SMILES string of the molecule is COc1ccc(C(=O)N2CCN(C(=O)C3C4CC5CC(C4)CC3C5)CC2)cc1. The minimum absolute atomic E-state index is 0.0457. The highest BCUT2D eigenvalue weighted by atomic mass is 16.5. The highest BCUT2D eigenvalue weighted by molar-refractivity contribution is 5.94. The Bertz CT molecular complexity index is 724. The Labute approximate surface area is 167 Å². The van der Waals surface area contributed by atoms with Crippen LogP contribution in [0.3, 0.4) is 0 Å². The zero-order chi connectivity index (χ0) is 19.3. The number of amides is 2. The molecule has 1 saturated heterocycles. The summed E-state index contributed by atoms with van der Waals surface area (Å²) in [7, 11) is 1.62. The van der Waals surface area contributed by atoms with Crippen LogP contribution in [0.25, 0.3) is 0 Å². The molecule has 150 valence electrons. The molecule has 1 heterocycles. The molecule has 1 aromatic carbocycles. The number of carbonyl (C=O) groups excluding carboxylic acids is 2. The van der Waals surface area contributed by atoms with Crippen LogP contribution in [0.4, 0.5) is 0 Å². The second-order valence-electron chi connectivity index (χ2n) is 9.30. The van der Waals surface area contributed by atoms with E-state index in [9.17, 15) is 9.59 Å². The molecule has 0 atom stereocenters. The van der Waals surface area contributed by atoms with Crippen molar-refractivity contribution in [2.24, 2.45) is 29.6 Å². The maximum Gasteiger partial charge on any atom is 0.253 e. The summed E-state index contributed by atoms with van der Waals surface area (Å²) in [5.41, 5.74) is 0.682. The number of hydrogen-bond donors (Lipinski definition) is 0. The van der Waals surface area contributed by atoms with Crippen molar-refractivity contribution >= 4 is 11.8 Å². The van der Waals surface area contributed by atoms with Crippen LogP contribution in [0.5, 0.6) is 5.75 Å². The van der Waals surface area contributed by atoms with E-state index in [1.54, 1.807) is 7.11 Å². The van der Waals surface area contributed by atoms with Crippen molar-refractivity contribution in [1.82, 2.24) is 9.80 Å². The fraction of sp³-hybridized carbons (Fsp3) is 0.652. The molecule has 4 saturated carbocycles. The van der Waals surface area contributed by atoms with E-state index in [-0.39, 0.29) is 11.8 Å². The van der Waals surface area contributed by atoms with Gasteiger partial charge in [0.05, 0.1) is 7.11 Å². The van der Waals surface area contributed by atoms with Crippen LogP contribution in [0, 0.1) is 29.6 Å². The maximum atomic E-state index is 13.3. The minimum Gasteiger partial charge on any atom is -0.497 e. The molecule has 0 N–H and O–H groups in total. The quantitative estimate of drug-likeness (QED) is 0.807. The van der Waals surface area contributed by atoms with E-state index in [0.29, 0.717) is 49.5 Å². The van der Waals surface area contributed by atoms with Gasteiger partial charge in [0.15, 0.2) is 0 Å². The van der Waals surface area contributed by atoms with Gasteiger partial charge in [-0.1, -0.05) is 0 Å². The van der Waals surface area contributed by atoms with Gasteiger partial charge in [0.1, 0.15) is 5.75 Å². The molecule has 4 aliphatic carbocycles. The van der Waals surface area contributed by atoms with Gasteiger partial charge in [0.2, 0.25) is 5.91 Å². The summed E-state index contributed by atoms with van der Waals surface area (Å²) in [6.07, 6.45) is 6.53. The van der Waals surface area contributed by atoms with Crippen LogP contribution in [0.15, 0.2) is 24.3 Å². The molecule has 5 heteroatoms. The first-order valence-corrected chi connectivity index (χ1v) is 10.8. The van der Waals surface area contributed by atoms with Crippen LogP contribution in [0.1, 0.15) is 42.5 Å². The molecule has 28 heavy (non-hydrogen) atoms. The van der Waals surface area contributed by atoms with Crippen molar-refractivity contribution in [1.29, 1.82) is 0 Å².